The van der Waals surface area contributed by atoms with E-state index >= 15 is 0 Å². The van der Waals surface area contributed by atoms with E-state index in [0.717, 1.165) is 50.2 Å². The molecule has 0 aromatic carbocycles. The average molecular weight is 315 g/mol. The fourth-order valence-electron chi connectivity index (χ4n) is 4.07. The van der Waals surface area contributed by atoms with Gasteiger partial charge in [-0.15, -0.1) is 0 Å². The van der Waals surface area contributed by atoms with Crippen molar-refractivity contribution in [1.82, 2.24) is 9.88 Å². The fraction of sp³-hybridized carbons (Fsp3) is 0.684. The zero-order valence-corrected chi connectivity index (χ0v) is 14.3. The van der Waals surface area contributed by atoms with E-state index in [1.807, 2.05) is 13.1 Å². The standard InChI is InChI=1S/C19H29N3O/c1-20-18-11-6-9-16(21-18)12-13-17-10-4-5-14-22(17)19(23)15-7-2-3-8-15/h6,9,11,15,17H,2-5,7-8,10,12-14H2,1H3,(H,20,21)/t17-/m1/s1. The van der Waals surface area contributed by atoms with Crippen LogP contribution in [-0.4, -0.2) is 35.4 Å². The number of aryl methyl sites for hydroxylation is 1. The molecule has 1 aliphatic carbocycles. The third kappa shape index (κ3) is 4.04. The van der Waals surface area contributed by atoms with Crippen LogP contribution in [0.1, 0.15) is 57.1 Å². The van der Waals surface area contributed by atoms with Crippen LogP contribution in [0.5, 0.6) is 0 Å². The number of nitrogens with zero attached hydrogens (tertiary/aromatic N) is 2. The minimum Gasteiger partial charge on any atom is -0.373 e. The number of piperidine rings is 1. The van der Waals surface area contributed by atoms with Gasteiger partial charge in [-0.25, -0.2) is 4.98 Å². The van der Waals surface area contributed by atoms with Crippen molar-refractivity contribution in [1.29, 1.82) is 0 Å². The smallest absolute Gasteiger partial charge is 0.225 e. The molecule has 23 heavy (non-hydrogen) atoms. The number of nitrogens with one attached hydrogen (secondary N) is 1. The first-order chi connectivity index (χ1) is 11.3. The van der Waals surface area contributed by atoms with Crippen LogP contribution in [-0.2, 0) is 11.2 Å². The molecule has 0 spiro atoms. The topological polar surface area (TPSA) is 45.2 Å². The molecule has 1 atom stereocenters. The zero-order valence-electron chi connectivity index (χ0n) is 14.3. The van der Waals surface area contributed by atoms with Gasteiger partial charge in [-0.3, -0.25) is 4.79 Å². The number of aromatic nitrogens is 1. The number of hydrogen-bond acceptors (Lipinski definition) is 3. The van der Waals surface area contributed by atoms with Crippen molar-refractivity contribution in [3.63, 3.8) is 0 Å². The molecule has 0 unspecified atom stereocenters. The van der Waals surface area contributed by atoms with Gasteiger partial charge in [0.05, 0.1) is 0 Å². The SMILES string of the molecule is CNc1cccc(CC[C@H]2CCCCN2C(=O)C2CCCC2)n1. The molecule has 4 heteroatoms. The van der Waals surface area contributed by atoms with E-state index in [-0.39, 0.29) is 0 Å². The number of pyridine rings is 1. The third-order valence-electron chi connectivity index (χ3n) is 5.41. The monoisotopic (exact) mass is 315 g/mol. The Balaban J connectivity index is 1.60. The van der Waals surface area contributed by atoms with Gasteiger partial charge in [0, 0.05) is 31.2 Å². The molecule has 126 valence electrons. The second-order valence-corrected chi connectivity index (χ2v) is 6.97. The summed E-state index contributed by atoms with van der Waals surface area (Å²) in [6.07, 6.45) is 10.2. The molecule has 0 bridgehead atoms. The molecule has 1 aromatic heterocycles. The summed E-state index contributed by atoms with van der Waals surface area (Å²) in [6.45, 7) is 0.962. The highest BCUT2D eigenvalue weighted by Gasteiger charge is 2.32. The Kier molecular flexibility index (Phi) is 5.52. The third-order valence-corrected chi connectivity index (χ3v) is 5.41. The molecule has 1 N–H and O–H groups in total. The summed E-state index contributed by atoms with van der Waals surface area (Å²) < 4.78 is 0. The quantitative estimate of drug-likeness (QED) is 0.902. The summed E-state index contributed by atoms with van der Waals surface area (Å²) >= 11 is 0. The maximum absolute atomic E-state index is 12.8. The first-order valence-corrected chi connectivity index (χ1v) is 9.22. The van der Waals surface area contributed by atoms with E-state index in [4.69, 9.17) is 0 Å². The van der Waals surface area contributed by atoms with E-state index in [1.54, 1.807) is 0 Å². The van der Waals surface area contributed by atoms with Crippen LogP contribution in [0, 0.1) is 5.92 Å². The number of rotatable bonds is 5. The molecule has 3 rings (SSSR count). The summed E-state index contributed by atoms with van der Waals surface area (Å²) in [4.78, 5) is 19.6. The van der Waals surface area contributed by atoms with Crippen molar-refractivity contribution in [3.8, 4) is 0 Å². The Hall–Kier alpha value is -1.58. The molecular weight excluding hydrogens is 286 g/mol. The number of likely N-dealkylation sites (tertiary alicyclic amines) is 1. The molecule has 2 fully saturated rings. The van der Waals surface area contributed by atoms with Gasteiger partial charge in [-0.1, -0.05) is 18.9 Å². The van der Waals surface area contributed by atoms with Crippen molar-refractivity contribution in [3.05, 3.63) is 23.9 Å². The first-order valence-electron chi connectivity index (χ1n) is 9.22. The molecule has 1 saturated carbocycles. The van der Waals surface area contributed by atoms with E-state index in [0.29, 0.717) is 17.9 Å². The lowest BCUT2D eigenvalue weighted by Gasteiger charge is -2.37. The summed E-state index contributed by atoms with van der Waals surface area (Å²) in [6, 6.07) is 6.54. The Labute approximate surface area is 139 Å². The zero-order chi connectivity index (χ0) is 16.1. The number of anilines is 1. The Morgan fingerprint density at radius 3 is 2.78 bits per heavy atom. The van der Waals surface area contributed by atoms with Crippen LogP contribution < -0.4 is 5.32 Å². The molecule has 2 heterocycles. The van der Waals surface area contributed by atoms with Crippen LogP contribution in [0.25, 0.3) is 0 Å². The van der Waals surface area contributed by atoms with E-state index in [1.165, 1.54) is 25.7 Å². The second kappa shape index (κ2) is 7.80. The van der Waals surface area contributed by atoms with Crippen molar-refractivity contribution < 1.29 is 4.79 Å². The highest BCUT2D eigenvalue weighted by atomic mass is 16.2. The largest absolute Gasteiger partial charge is 0.373 e. The van der Waals surface area contributed by atoms with Crippen LogP contribution >= 0.6 is 0 Å². The molecule has 1 aliphatic heterocycles. The maximum atomic E-state index is 12.8. The minimum atomic E-state index is 0.307. The number of hydrogen-bond donors (Lipinski definition) is 1. The van der Waals surface area contributed by atoms with Gasteiger partial charge in [-0.05, 0) is 57.1 Å². The lowest BCUT2D eigenvalue weighted by molar-refractivity contribution is -0.139. The number of carbonyl (C=O) groups excluding carboxylic acids is 1. The van der Waals surface area contributed by atoms with Gasteiger partial charge in [0.1, 0.15) is 5.82 Å². The van der Waals surface area contributed by atoms with Crippen molar-refractivity contribution in [2.45, 2.75) is 63.8 Å². The Morgan fingerprint density at radius 2 is 2.00 bits per heavy atom. The van der Waals surface area contributed by atoms with Crippen LogP contribution in [0.2, 0.25) is 0 Å². The fourth-order valence-corrected chi connectivity index (χ4v) is 4.07. The summed E-state index contributed by atoms with van der Waals surface area (Å²) in [5.74, 6) is 1.66. The molecular formula is C19H29N3O. The summed E-state index contributed by atoms with van der Waals surface area (Å²) in [7, 11) is 1.90. The summed E-state index contributed by atoms with van der Waals surface area (Å²) in [5.41, 5.74) is 1.12. The highest BCUT2D eigenvalue weighted by molar-refractivity contribution is 5.79. The maximum Gasteiger partial charge on any atom is 0.225 e. The Bertz CT molecular complexity index is 525. The minimum absolute atomic E-state index is 0.307. The van der Waals surface area contributed by atoms with Gasteiger partial charge >= 0.3 is 0 Å². The highest BCUT2D eigenvalue weighted by Crippen LogP contribution is 2.30. The molecule has 4 nitrogen and oxygen atoms in total. The van der Waals surface area contributed by atoms with E-state index in [9.17, 15) is 4.79 Å². The summed E-state index contributed by atoms with van der Waals surface area (Å²) in [5, 5.41) is 3.09. The predicted molar refractivity (Wildman–Crippen MR) is 93.4 cm³/mol. The average Bonchev–Trinajstić information content (AvgIpc) is 3.14. The lowest BCUT2D eigenvalue weighted by atomic mass is 9.94. The second-order valence-electron chi connectivity index (χ2n) is 6.97. The molecule has 1 saturated heterocycles. The first kappa shape index (κ1) is 16.3. The van der Waals surface area contributed by atoms with Crippen LogP contribution in [0.3, 0.4) is 0 Å². The Morgan fingerprint density at radius 1 is 1.22 bits per heavy atom. The number of amides is 1. The van der Waals surface area contributed by atoms with Gasteiger partial charge in [0.25, 0.3) is 0 Å². The van der Waals surface area contributed by atoms with E-state index < -0.39 is 0 Å². The van der Waals surface area contributed by atoms with Gasteiger partial charge in [0.2, 0.25) is 5.91 Å². The number of carbonyl (C=O) groups is 1. The normalized spacial score (nSPS) is 22.3. The van der Waals surface area contributed by atoms with Crippen LogP contribution in [0.15, 0.2) is 18.2 Å². The molecule has 1 amide bonds. The van der Waals surface area contributed by atoms with Crippen LogP contribution in [0.4, 0.5) is 5.82 Å². The van der Waals surface area contributed by atoms with Crippen molar-refractivity contribution >= 4 is 11.7 Å². The van der Waals surface area contributed by atoms with Gasteiger partial charge in [-0.2, -0.15) is 0 Å². The molecule has 0 radical (unpaired) electrons. The van der Waals surface area contributed by atoms with Crippen molar-refractivity contribution in [2.24, 2.45) is 5.92 Å². The van der Waals surface area contributed by atoms with Gasteiger partial charge < -0.3 is 10.2 Å². The lowest BCUT2D eigenvalue weighted by Crippen LogP contribution is -2.46. The molecule has 2 aliphatic rings. The van der Waals surface area contributed by atoms with E-state index in [2.05, 4.69) is 27.3 Å². The predicted octanol–water partition coefficient (Wildman–Crippen LogP) is 3.63. The van der Waals surface area contributed by atoms with Gasteiger partial charge in [0.15, 0.2) is 0 Å². The molecule has 1 aromatic rings. The van der Waals surface area contributed by atoms with Crippen molar-refractivity contribution in [2.75, 3.05) is 18.9 Å².